The lowest BCUT2D eigenvalue weighted by Gasteiger charge is -2.09. The van der Waals surface area contributed by atoms with E-state index in [1.807, 2.05) is 6.33 Å². The Hall–Kier alpha value is 0.0800. The summed E-state index contributed by atoms with van der Waals surface area (Å²) in [7, 11) is 1.44. The molecule has 132 valence electrons. The Bertz CT molecular complexity index is 731. The highest BCUT2D eigenvalue weighted by Gasteiger charge is 2.17. The number of rotatable bonds is 8. The van der Waals surface area contributed by atoms with Gasteiger partial charge in [-0.1, -0.05) is 19.3 Å². The average Bonchev–Trinajstić information content (AvgIpc) is 3.01. The summed E-state index contributed by atoms with van der Waals surface area (Å²) >= 11 is 14.4. The third-order valence-electron chi connectivity index (χ3n) is 3.84. The van der Waals surface area contributed by atoms with E-state index in [1.54, 1.807) is 0 Å². The third kappa shape index (κ3) is 4.83. The Morgan fingerprint density at radius 3 is 2.33 bits per heavy atom. The van der Waals surface area contributed by atoms with Crippen LogP contribution in [-0.2, 0) is 16.1 Å². The lowest BCUT2D eigenvalue weighted by atomic mass is 10.1. The van der Waals surface area contributed by atoms with Crippen molar-refractivity contribution in [3.8, 4) is 0 Å². The number of esters is 1. The van der Waals surface area contributed by atoms with Crippen LogP contribution >= 0.6 is 63.7 Å². The lowest BCUT2D eigenvalue weighted by molar-refractivity contribution is -0.140. The standard InChI is InChI=1S/C16H18Br4N2O2/c1-24-10(23)7-5-3-2-4-6-8-22-9-21-15-13(19)11(17)12(18)14(20)16(15)22/h9H,2-8H2,1H3. The molecule has 24 heavy (non-hydrogen) atoms. The molecule has 8 heteroatoms. The van der Waals surface area contributed by atoms with Gasteiger partial charge in [0.05, 0.1) is 27.9 Å². The number of halogens is 4. The van der Waals surface area contributed by atoms with Gasteiger partial charge in [-0.3, -0.25) is 4.79 Å². The molecule has 0 radical (unpaired) electrons. The van der Waals surface area contributed by atoms with Crippen molar-refractivity contribution in [3.63, 3.8) is 0 Å². The van der Waals surface area contributed by atoms with Crippen LogP contribution in [0.25, 0.3) is 11.0 Å². The molecule has 0 spiro atoms. The maximum Gasteiger partial charge on any atom is 0.305 e. The van der Waals surface area contributed by atoms with E-state index in [0.717, 1.165) is 67.6 Å². The molecule has 0 aliphatic carbocycles. The van der Waals surface area contributed by atoms with Gasteiger partial charge < -0.3 is 9.30 Å². The number of hydrogen-bond donors (Lipinski definition) is 0. The van der Waals surface area contributed by atoms with Crippen LogP contribution in [0.4, 0.5) is 0 Å². The minimum absolute atomic E-state index is 0.118. The quantitative estimate of drug-likeness (QED) is 0.151. The number of fused-ring (bicyclic) bond motifs is 1. The molecule has 1 aromatic heterocycles. The number of ether oxygens (including phenoxy) is 1. The summed E-state index contributed by atoms with van der Waals surface area (Å²) in [5.41, 5.74) is 2.03. The second-order valence-electron chi connectivity index (χ2n) is 5.49. The summed E-state index contributed by atoms with van der Waals surface area (Å²) in [4.78, 5) is 15.6. The molecule has 0 atom stereocenters. The largest absolute Gasteiger partial charge is 0.469 e. The molecule has 0 saturated carbocycles. The zero-order valence-electron chi connectivity index (χ0n) is 13.2. The number of aryl methyl sites for hydroxylation is 1. The molecule has 0 bridgehead atoms. The maximum absolute atomic E-state index is 11.0. The van der Waals surface area contributed by atoms with Crippen LogP contribution in [0.3, 0.4) is 0 Å². The number of imidazole rings is 1. The molecule has 0 amide bonds. The fraction of sp³-hybridized carbons (Fsp3) is 0.500. The van der Waals surface area contributed by atoms with Gasteiger partial charge in [-0.25, -0.2) is 4.98 Å². The molecule has 0 unspecified atom stereocenters. The summed E-state index contributed by atoms with van der Waals surface area (Å²) in [6, 6.07) is 0. The molecular weight excluding hydrogens is 572 g/mol. The summed E-state index contributed by atoms with van der Waals surface area (Å²) in [6.45, 7) is 0.923. The van der Waals surface area contributed by atoms with E-state index in [2.05, 4.69) is 78.0 Å². The minimum atomic E-state index is -0.118. The molecular formula is C16H18Br4N2O2. The highest BCUT2D eigenvalue weighted by molar-refractivity contribution is 9.15. The Morgan fingerprint density at radius 2 is 1.62 bits per heavy atom. The van der Waals surface area contributed by atoms with E-state index < -0.39 is 0 Å². The van der Waals surface area contributed by atoms with Gasteiger partial charge in [0, 0.05) is 21.9 Å². The second kappa shape index (κ2) is 9.69. The fourth-order valence-electron chi connectivity index (χ4n) is 2.53. The van der Waals surface area contributed by atoms with Crippen LogP contribution < -0.4 is 0 Å². The van der Waals surface area contributed by atoms with E-state index in [1.165, 1.54) is 7.11 Å². The van der Waals surface area contributed by atoms with E-state index in [4.69, 9.17) is 0 Å². The van der Waals surface area contributed by atoms with Gasteiger partial charge in [-0.2, -0.15) is 0 Å². The molecule has 4 nitrogen and oxygen atoms in total. The van der Waals surface area contributed by atoms with Gasteiger partial charge >= 0.3 is 5.97 Å². The first kappa shape index (κ1) is 20.4. The highest BCUT2D eigenvalue weighted by Crippen LogP contribution is 2.43. The summed E-state index contributed by atoms with van der Waals surface area (Å²) in [6.07, 6.45) is 7.72. The summed E-state index contributed by atoms with van der Waals surface area (Å²) < 4.78 is 10.7. The van der Waals surface area contributed by atoms with Gasteiger partial charge in [0.25, 0.3) is 0 Å². The molecule has 0 fully saturated rings. The molecule has 1 heterocycles. The number of hydrogen-bond acceptors (Lipinski definition) is 3. The van der Waals surface area contributed by atoms with Gasteiger partial charge in [0.2, 0.25) is 0 Å². The number of unbranched alkanes of at least 4 members (excludes halogenated alkanes) is 4. The van der Waals surface area contributed by atoms with Crippen molar-refractivity contribution < 1.29 is 9.53 Å². The van der Waals surface area contributed by atoms with Gasteiger partial charge in [0.15, 0.2) is 0 Å². The van der Waals surface area contributed by atoms with E-state index in [9.17, 15) is 4.79 Å². The van der Waals surface area contributed by atoms with Crippen molar-refractivity contribution in [2.24, 2.45) is 0 Å². The van der Waals surface area contributed by atoms with Gasteiger partial charge in [-0.05, 0) is 76.6 Å². The fourth-order valence-corrected chi connectivity index (χ4v) is 4.93. The van der Waals surface area contributed by atoms with Crippen molar-refractivity contribution in [2.45, 2.75) is 45.1 Å². The van der Waals surface area contributed by atoms with Crippen LogP contribution in [0.15, 0.2) is 24.2 Å². The first-order chi connectivity index (χ1) is 11.5. The lowest BCUT2D eigenvalue weighted by Crippen LogP contribution is -1.99. The Kier molecular flexibility index (Phi) is 8.23. The minimum Gasteiger partial charge on any atom is -0.469 e. The van der Waals surface area contributed by atoms with Crippen LogP contribution in [0, 0.1) is 0 Å². The molecule has 0 aliphatic heterocycles. The van der Waals surface area contributed by atoms with Crippen molar-refractivity contribution in [3.05, 3.63) is 24.2 Å². The predicted molar refractivity (Wildman–Crippen MR) is 110 cm³/mol. The topological polar surface area (TPSA) is 44.1 Å². The van der Waals surface area contributed by atoms with Gasteiger partial charge in [-0.15, -0.1) is 0 Å². The number of nitrogens with zero attached hydrogens (tertiary/aromatic N) is 2. The Morgan fingerprint density at radius 1 is 1.00 bits per heavy atom. The molecule has 2 rings (SSSR count). The van der Waals surface area contributed by atoms with Crippen LogP contribution in [0.2, 0.25) is 0 Å². The first-order valence-corrected chi connectivity index (χ1v) is 10.9. The number of carbonyl (C=O) groups is 1. The average molecular weight is 590 g/mol. The predicted octanol–water partition coefficient (Wildman–Crippen LogP) is 6.60. The van der Waals surface area contributed by atoms with Gasteiger partial charge in [0.1, 0.15) is 5.52 Å². The normalized spacial score (nSPS) is 11.2. The number of aromatic nitrogens is 2. The second-order valence-corrected chi connectivity index (χ2v) is 8.66. The smallest absolute Gasteiger partial charge is 0.305 e. The Labute approximate surface area is 175 Å². The zero-order valence-corrected chi connectivity index (χ0v) is 19.6. The maximum atomic E-state index is 11.0. The van der Waals surface area contributed by atoms with E-state index in [-0.39, 0.29) is 5.97 Å². The van der Waals surface area contributed by atoms with Crippen molar-refractivity contribution in [2.75, 3.05) is 7.11 Å². The highest BCUT2D eigenvalue weighted by atomic mass is 79.9. The van der Waals surface area contributed by atoms with Crippen LogP contribution in [0.1, 0.15) is 38.5 Å². The van der Waals surface area contributed by atoms with Crippen LogP contribution in [0.5, 0.6) is 0 Å². The van der Waals surface area contributed by atoms with Crippen molar-refractivity contribution >= 4 is 80.7 Å². The van der Waals surface area contributed by atoms with E-state index in [0.29, 0.717) is 6.42 Å². The van der Waals surface area contributed by atoms with E-state index >= 15 is 0 Å². The number of benzene rings is 1. The monoisotopic (exact) mass is 586 g/mol. The summed E-state index contributed by atoms with van der Waals surface area (Å²) in [5.74, 6) is -0.118. The third-order valence-corrected chi connectivity index (χ3v) is 8.57. The zero-order chi connectivity index (χ0) is 17.7. The molecule has 0 aliphatic rings. The SMILES string of the molecule is COC(=O)CCCCCCCn1cnc2c(Br)c(Br)c(Br)c(Br)c21. The van der Waals surface area contributed by atoms with Crippen molar-refractivity contribution in [1.29, 1.82) is 0 Å². The summed E-state index contributed by atoms with van der Waals surface area (Å²) in [5, 5.41) is 0. The van der Waals surface area contributed by atoms with Crippen LogP contribution in [-0.4, -0.2) is 22.6 Å². The number of carbonyl (C=O) groups excluding carboxylic acids is 1. The first-order valence-electron chi connectivity index (χ1n) is 7.71. The number of methoxy groups -OCH3 is 1. The molecule has 2 aromatic rings. The van der Waals surface area contributed by atoms with Crippen molar-refractivity contribution in [1.82, 2.24) is 9.55 Å². The molecule has 0 N–H and O–H groups in total. The Balaban J connectivity index is 1.89. The molecule has 1 aromatic carbocycles. The molecule has 0 saturated heterocycles.